The molecular weight excluding hydrogens is 444 g/mol. The summed E-state index contributed by atoms with van der Waals surface area (Å²) in [6, 6.07) is 17.3. The third-order valence-electron chi connectivity index (χ3n) is 5.40. The number of benzene rings is 3. The molecule has 3 aromatic carbocycles. The van der Waals surface area contributed by atoms with Crippen molar-refractivity contribution in [3.63, 3.8) is 0 Å². The topological polar surface area (TPSA) is 56.8 Å². The van der Waals surface area contributed by atoms with Crippen LogP contribution in [0.3, 0.4) is 0 Å². The van der Waals surface area contributed by atoms with Crippen LogP contribution in [-0.4, -0.2) is 51.3 Å². The highest BCUT2D eigenvalue weighted by atomic mass is 79.9. The number of urea groups is 1. The molecule has 6 nitrogen and oxygen atoms in total. The molecule has 0 atom stereocenters. The second-order valence-corrected chi connectivity index (χ2v) is 8.25. The van der Waals surface area contributed by atoms with Crippen molar-refractivity contribution < 1.29 is 9.53 Å². The second kappa shape index (κ2) is 8.93. The van der Waals surface area contributed by atoms with E-state index in [-0.39, 0.29) is 6.03 Å². The molecule has 1 heterocycles. The van der Waals surface area contributed by atoms with Crippen LogP contribution >= 0.6 is 15.9 Å². The number of piperazine rings is 1. The van der Waals surface area contributed by atoms with E-state index < -0.39 is 0 Å². The maximum Gasteiger partial charge on any atom is 0.323 e. The number of amides is 2. The van der Waals surface area contributed by atoms with E-state index >= 15 is 0 Å². The Bertz CT molecular complexity index is 1060. The molecule has 1 fully saturated rings. The number of halogens is 1. The van der Waals surface area contributed by atoms with Crippen LogP contribution in [0.5, 0.6) is 5.75 Å². The van der Waals surface area contributed by atoms with Crippen molar-refractivity contribution in [1.29, 1.82) is 0 Å². The molecule has 2 N–H and O–H groups in total. The van der Waals surface area contributed by atoms with Crippen LogP contribution in [0.25, 0.3) is 10.8 Å². The summed E-state index contributed by atoms with van der Waals surface area (Å²) in [5.74, 6) is 0.810. The molecule has 0 spiro atoms. The maximum atomic E-state index is 12.7. The summed E-state index contributed by atoms with van der Waals surface area (Å²) in [5, 5.41) is 7.96. The number of nitrogens with zero attached hydrogens (tertiary/aromatic N) is 2. The largest absolute Gasteiger partial charge is 0.495 e. The van der Waals surface area contributed by atoms with Crippen LogP contribution in [-0.2, 0) is 0 Å². The number of carbonyl (C=O) groups excluding carboxylic acids is 1. The van der Waals surface area contributed by atoms with E-state index in [0.717, 1.165) is 64.2 Å². The molecule has 2 amide bonds. The number of hydrogen-bond acceptors (Lipinski definition) is 4. The van der Waals surface area contributed by atoms with Gasteiger partial charge in [0.2, 0.25) is 0 Å². The van der Waals surface area contributed by atoms with Gasteiger partial charge in [-0.05, 0) is 42.8 Å². The predicted octanol–water partition coefficient (Wildman–Crippen LogP) is 5.01. The fourth-order valence-electron chi connectivity index (χ4n) is 3.72. The third kappa shape index (κ3) is 4.37. The molecule has 0 saturated carbocycles. The molecule has 1 aliphatic rings. The van der Waals surface area contributed by atoms with E-state index in [1.807, 2.05) is 54.6 Å². The van der Waals surface area contributed by atoms with Crippen molar-refractivity contribution in [2.75, 3.05) is 55.9 Å². The Labute approximate surface area is 184 Å². The fourth-order valence-corrected chi connectivity index (χ4v) is 4.20. The summed E-state index contributed by atoms with van der Waals surface area (Å²) in [4.78, 5) is 17.3. The summed E-state index contributed by atoms with van der Waals surface area (Å²) < 4.78 is 6.55. The minimum Gasteiger partial charge on any atom is -0.495 e. The van der Waals surface area contributed by atoms with E-state index in [9.17, 15) is 4.79 Å². The Morgan fingerprint density at radius 3 is 2.43 bits per heavy atom. The Morgan fingerprint density at radius 1 is 0.967 bits per heavy atom. The van der Waals surface area contributed by atoms with Crippen molar-refractivity contribution in [2.24, 2.45) is 0 Å². The van der Waals surface area contributed by atoms with Gasteiger partial charge in [0.1, 0.15) is 5.75 Å². The normalized spacial score (nSPS) is 14.6. The standard InChI is InChI=1S/C23H25BrN4O2/c1-27-11-13-28(14-12-27)21-15-16(7-10-22(21)30-2)25-23(29)26-20-9-8-19(24)17-5-3-4-6-18(17)20/h3-10,15H,11-14H2,1-2H3,(H2,25,26,29). The Balaban J connectivity index is 1.52. The maximum absolute atomic E-state index is 12.7. The van der Waals surface area contributed by atoms with Crippen molar-refractivity contribution in [2.45, 2.75) is 0 Å². The van der Waals surface area contributed by atoms with Gasteiger partial charge in [-0.2, -0.15) is 0 Å². The van der Waals surface area contributed by atoms with Gasteiger partial charge < -0.3 is 25.2 Å². The van der Waals surface area contributed by atoms with E-state index in [1.165, 1.54) is 0 Å². The first-order valence-electron chi connectivity index (χ1n) is 9.92. The van der Waals surface area contributed by atoms with E-state index in [4.69, 9.17) is 4.74 Å². The lowest BCUT2D eigenvalue weighted by Gasteiger charge is -2.34. The number of carbonyl (C=O) groups is 1. The number of likely N-dealkylation sites (N-methyl/N-ethyl adjacent to an activating group) is 1. The number of hydrogen-bond donors (Lipinski definition) is 2. The smallest absolute Gasteiger partial charge is 0.323 e. The Hall–Kier alpha value is -2.77. The minimum absolute atomic E-state index is 0.281. The van der Waals surface area contributed by atoms with E-state index in [0.29, 0.717) is 0 Å². The quantitative estimate of drug-likeness (QED) is 0.565. The number of anilines is 3. The van der Waals surface area contributed by atoms with Gasteiger partial charge in [0.25, 0.3) is 0 Å². The first kappa shape index (κ1) is 20.5. The average Bonchev–Trinajstić information content (AvgIpc) is 2.76. The van der Waals surface area contributed by atoms with Crippen LogP contribution < -0.4 is 20.3 Å². The molecule has 4 rings (SSSR count). The zero-order valence-corrected chi connectivity index (χ0v) is 18.7. The van der Waals surface area contributed by atoms with Gasteiger partial charge in [-0.1, -0.05) is 40.2 Å². The second-order valence-electron chi connectivity index (χ2n) is 7.40. The van der Waals surface area contributed by atoms with Gasteiger partial charge in [0.05, 0.1) is 18.5 Å². The van der Waals surface area contributed by atoms with E-state index in [2.05, 4.69) is 43.4 Å². The highest BCUT2D eigenvalue weighted by Crippen LogP contribution is 2.33. The Morgan fingerprint density at radius 2 is 1.70 bits per heavy atom. The highest BCUT2D eigenvalue weighted by molar-refractivity contribution is 9.10. The average molecular weight is 469 g/mol. The molecule has 30 heavy (non-hydrogen) atoms. The number of nitrogens with one attached hydrogen (secondary N) is 2. The zero-order chi connectivity index (χ0) is 21.1. The molecule has 1 saturated heterocycles. The summed E-state index contributed by atoms with van der Waals surface area (Å²) in [7, 11) is 3.80. The number of fused-ring (bicyclic) bond motifs is 1. The summed E-state index contributed by atoms with van der Waals surface area (Å²) in [6.07, 6.45) is 0. The van der Waals surface area contributed by atoms with Gasteiger partial charge in [0.15, 0.2) is 0 Å². The van der Waals surface area contributed by atoms with Crippen LogP contribution in [0.15, 0.2) is 59.1 Å². The van der Waals surface area contributed by atoms with E-state index in [1.54, 1.807) is 7.11 Å². The first-order valence-corrected chi connectivity index (χ1v) is 10.7. The molecule has 0 bridgehead atoms. The first-order chi connectivity index (χ1) is 14.5. The van der Waals surface area contributed by atoms with Crippen LogP contribution in [0.2, 0.25) is 0 Å². The molecule has 0 radical (unpaired) electrons. The minimum atomic E-state index is -0.281. The van der Waals surface area contributed by atoms with Crippen LogP contribution in [0, 0.1) is 0 Å². The summed E-state index contributed by atoms with van der Waals surface area (Å²) in [6.45, 7) is 3.84. The van der Waals surface area contributed by atoms with Gasteiger partial charge in [0, 0.05) is 41.7 Å². The molecule has 0 unspecified atom stereocenters. The fraction of sp³-hybridized carbons (Fsp3) is 0.261. The van der Waals surface area contributed by atoms with Gasteiger partial charge in [-0.15, -0.1) is 0 Å². The molecule has 1 aliphatic heterocycles. The third-order valence-corrected chi connectivity index (χ3v) is 6.09. The molecule has 0 aliphatic carbocycles. The molecule has 0 aromatic heterocycles. The molecule has 7 heteroatoms. The zero-order valence-electron chi connectivity index (χ0n) is 17.1. The van der Waals surface area contributed by atoms with Crippen molar-refractivity contribution in [3.05, 3.63) is 59.1 Å². The van der Waals surface area contributed by atoms with Gasteiger partial charge in [-0.25, -0.2) is 4.79 Å². The van der Waals surface area contributed by atoms with Crippen molar-refractivity contribution >= 4 is 49.8 Å². The van der Waals surface area contributed by atoms with Crippen LogP contribution in [0.4, 0.5) is 21.9 Å². The van der Waals surface area contributed by atoms with Crippen LogP contribution in [0.1, 0.15) is 0 Å². The van der Waals surface area contributed by atoms with Crippen molar-refractivity contribution in [1.82, 2.24) is 4.90 Å². The summed E-state index contributed by atoms with van der Waals surface area (Å²) >= 11 is 3.57. The summed E-state index contributed by atoms with van der Waals surface area (Å²) in [5.41, 5.74) is 2.49. The number of rotatable bonds is 4. The monoisotopic (exact) mass is 468 g/mol. The molecule has 156 valence electrons. The number of methoxy groups -OCH3 is 1. The number of ether oxygens (including phenoxy) is 1. The van der Waals surface area contributed by atoms with Gasteiger partial charge >= 0.3 is 6.03 Å². The lowest BCUT2D eigenvalue weighted by Crippen LogP contribution is -2.44. The highest BCUT2D eigenvalue weighted by Gasteiger charge is 2.18. The predicted molar refractivity (Wildman–Crippen MR) is 127 cm³/mol. The molecule has 3 aromatic rings. The van der Waals surface area contributed by atoms with Gasteiger partial charge in [-0.3, -0.25) is 0 Å². The Kier molecular flexibility index (Phi) is 6.11. The lowest BCUT2D eigenvalue weighted by atomic mass is 10.1. The molecular formula is C23H25BrN4O2. The SMILES string of the molecule is COc1ccc(NC(=O)Nc2ccc(Br)c3ccccc23)cc1N1CCN(C)CC1. The lowest BCUT2D eigenvalue weighted by molar-refractivity contribution is 0.262. The van der Waals surface area contributed by atoms with Crippen molar-refractivity contribution in [3.8, 4) is 5.75 Å².